The van der Waals surface area contributed by atoms with Gasteiger partial charge < -0.3 is 9.80 Å². The van der Waals surface area contributed by atoms with E-state index in [2.05, 4.69) is 353 Å². The van der Waals surface area contributed by atoms with Gasteiger partial charge in [-0.25, -0.2) is 0 Å². The van der Waals surface area contributed by atoms with Crippen molar-refractivity contribution in [1.29, 1.82) is 0 Å². The minimum absolute atomic E-state index is 0.256. The molecule has 0 atom stereocenters. The summed E-state index contributed by atoms with van der Waals surface area (Å²) in [7, 11) is 0. The molecule has 0 spiro atoms. The van der Waals surface area contributed by atoms with Gasteiger partial charge in [-0.1, -0.05) is 258 Å². The Balaban J connectivity index is 0.836. The summed E-state index contributed by atoms with van der Waals surface area (Å²) in [4.78, 5) is 4.81. The van der Waals surface area contributed by atoms with E-state index in [1.807, 2.05) is 0 Å². The number of hydrogen-bond acceptors (Lipinski definition) is 2. The highest BCUT2D eigenvalue weighted by Gasteiger charge is 2.42. The maximum Gasteiger partial charge on any atom is 0.0465 e. The monoisotopic (exact) mass is 1050 g/mol. The number of hydrogen-bond donors (Lipinski definition) is 0. The van der Waals surface area contributed by atoms with Gasteiger partial charge >= 0.3 is 0 Å². The maximum absolute atomic E-state index is 2.53. The Morgan fingerprint density at radius 2 is 0.415 bits per heavy atom. The highest BCUT2D eigenvalue weighted by Crippen LogP contribution is 2.57. The van der Waals surface area contributed by atoms with Gasteiger partial charge in [0.2, 0.25) is 0 Å². The first-order valence-electron chi connectivity index (χ1n) is 28.5. The van der Waals surface area contributed by atoms with E-state index < -0.39 is 0 Å². The molecule has 0 radical (unpaired) electrons. The summed E-state index contributed by atoms with van der Waals surface area (Å²) in [6, 6.07) is 97.1. The summed E-state index contributed by atoms with van der Waals surface area (Å²) < 4.78 is 0. The highest BCUT2D eigenvalue weighted by atomic mass is 15.1. The molecule has 0 fully saturated rings. The van der Waals surface area contributed by atoms with Gasteiger partial charge in [0.25, 0.3) is 0 Å². The molecule has 0 amide bonds. The van der Waals surface area contributed by atoms with E-state index in [1.165, 1.54) is 66.8 Å². The molecule has 2 heteroatoms. The SMILES string of the molecule is CC1(C)c2cc(N(c3ccc(C=Cc4ccccc4)cc3)c3ccc(C=Cc4ccccc4)cc3)ccc2-c2cc3c(cc21)-c1ccc(N(c2ccc(C=Cc4ccccc4)cc2)c2ccc(C=Cc4ccccc4)cc2)cc1C3(C)C. The largest absolute Gasteiger partial charge is 0.310 e. The van der Waals surface area contributed by atoms with Gasteiger partial charge in [0.15, 0.2) is 0 Å². The second-order valence-corrected chi connectivity index (χ2v) is 22.7. The lowest BCUT2D eigenvalue weighted by atomic mass is 9.79. The number of fused-ring (bicyclic) bond motifs is 6. The van der Waals surface area contributed by atoms with Crippen LogP contribution in [0.25, 0.3) is 70.9 Å². The predicted octanol–water partition coefficient (Wildman–Crippen LogP) is 21.9. The summed E-state index contributed by atoms with van der Waals surface area (Å²) in [5.74, 6) is 0. The van der Waals surface area contributed by atoms with Crippen LogP contribution in [0.1, 0.15) is 94.5 Å². The number of rotatable bonds is 14. The summed E-state index contributed by atoms with van der Waals surface area (Å²) in [5, 5.41) is 0. The van der Waals surface area contributed by atoms with Crippen LogP contribution in [0.2, 0.25) is 0 Å². The van der Waals surface area contributed by atoms with Gasteiger partial charge in [0.1, 0.15) is 0 Å². The third-order valence-corrected chi connectivity index (χ3v) is 16.6. The van der Waals surface area contributed by atoms with E-state index in [4.69, 9.17) is 0 Å². The zero-order chi connectivity index (χ0) is 55.6. The molecule has 13 rings (SSSR count). The van der Waals surface area contributed by atoms with Crippen molar-refractivity contribution in [3.8, 4) is 22.3 Å². The van der Waals surface area contributed by atoms with Crippen LogP contribution in [0.3, 0.4) is 0 Å². The Morgan fingerprint density at radius 3 is 0.659 bits per heavy atom. The molecule has 2 nitrogen and oxygen atoms in total. The molecule has 11 aromatic rings. The molecule has 0 aromatic heterocycles. The smallest absolute Gasteiger partial charge is 0.0465 e. The lowest BCUT2D eigenvalue weighted by molar-refractivity contribution is 0.652. The van der Waals surface area contributed by atoms with Crippen LogP contribution < -0.4 is 9.80 Å². The Labute approximate surface area is 484 Å². The van der Waals surface area contributed by atoms with E-state index in [9.17, 15) is 0 Å². The molecule has 0 saturated carbocycles. The van der Waals surface area contributed by atoms with Crippen LogP contribution in [-0.4, -0.2) is 0 Å². The Hall–Kier alpha value is -10.0. The van der Waals surface area contributed by atoms with Gasteiger partial charge in [-0.3, -0.25) is 0 Å². The molecular weight excluding hydrogens is 989 g/mol. The van der Waals surface area contributed by atoms with E-state index in [0.29, 0.717) is 0 Å². The Morgan fingerprint density at radius 1 is 0.207 bits per heavy atom. The van der Waals surface area contributed by atoms with Gasteiger partial charge in [-0.15, -0.1) is 0 Å². The molecule has 0 heterocycles. The molecule has 2 aliphatic rings. The van der Waals surface area contributed by atoms with Crippen molar-refractivity contribution >= 4 is 82.7 Å². The predicted molar refractivity (Wildman–Crippen MR) is 352 cm³/mol. The summed E-state index contributed by atoms with van der Waals surface area (Å²) in [6.45, 7) is 9.64. The third kappa shape index (κ3) is 10.3. The van der Waals surface area contributed by atoms with E-state index in [0.717, 1.165) is 56.4 Å². The molecule has 0 bridgehead atoms. The molecule has 11 aromatic carbocycles. The minimum atomic E-state index is -0.256. The summed E-state index contributed by atoms with van der Waals surface area (Å²) in [5.41, 5.74) is 26.2. The van der Waals surface area contributed by atoms with Crippen molar-refractivity contribution in [3.63, 3.8) is 0 Å². The first-order valence-corrected chi connectivity index (χ1v) is 28.5. The molecular formula is C80H64N2. The van der Waals surface area contributed by atoms with Crippen LogP contribution in [-0.2, 0) is 10.8 Å². The second kappa shape index (κ2) is 21.9. The molecule has 0 unspecified atom stereocenters. The third-order valence-electron chi connectivity index (χ3n) is 16.6. The van der Waals surface area contributed by atoms with Crippen molar-refractivity contribution in [3.05, 3.63) is 334 Å². The first-order chi connectivity index (χ1) is 40.1. The molecule has 82 heavy (non-hydrogen) atoms. The zero-order valence-corrected chi connectivity index (χ0v) is 46.9. The Kier molecular flexibility index (Phi) is 13.7. The normalized spacial score (nSPS) is 13.6. The lowest BCUT2D eigenvalue weighted by Gasteiger charge is -2.28. The summed E-state index contributed by atoms with van der Waals surface area (Å²) >= 11 is 0. The van der Waals surface area contributed by atoms with E-state index in [-0.39, 0.29) is 10.8 Å². The molecule has 0 saturated heterocycles. The lowest BCUT2D eigenvalue weighted by Crippen LogP contribution is -2.18. The maximum atomic E-state index is 2.53. The topological polar surface area (TPSA) is 6.48 Å². The molecule has 0 N–H and O–H groups in total. The minimum Gasteiger partial charge on any atom is -0.310 e. The van der Waals surface area contributed by atoms with Crippen LogP contribution >= 0.6 is 0 Å². The van der Waals surface area contributed by atoms with Gasteiger partial charge in [-0.2, -0.15) is 0 Å². The molecule has 394 valence electrons. The fourth-order valence-corrected chi connectivity index (χ4v) is 12.1. The molecule has 2 aliphatic carbocycles. The number of benzene rings is 11. The zero-order valence-electron chi connectivity index (χ0n) is 46.9. The van der Waals surface area contributed by atoms with Crippen LogP contribution in [0.15, 0.2) is 267 Å². The fourth-order valence-electron chi connectivity index (χ4n) is 12.1. The van der Waals surface area contributed by atoms with Crippen molar-refractivity contribution in [2.45, 2.75) is 38.5 Å². The van der Waals surface area contributed by atoms with Crippen molar-refractivity contribution in [2.24, 2.45) is 0 Å². The van der Waals surface area contributed by atoms with Crippen LogP contribution in [0, 0.1) is 0 Å². The quantitative estimate of drug-likeness (QED) is 0.100. The second-order valence-electron chi connectivity index (χ2n) is 22.7. The highest BCUT2D eigenvalue weighted by molar-refractivity contribution is 5.93. The summed E-state index contributed by atoms with van der Waals surface area (Å²) in [6.07, 6.45) is 17.5. The van der Waals surface area contributed by atoms with Crippen molar-refractivity contribution in [1.82, 2.24) is 0 Å². The van der Waals surface area contributed by atoms with Gasteiger partial charge in [-0.05, 0) is 174 Å². The van der Waals surface area contributed by atoms with Crippen LogP contribution in [0.4, 0.5) is 34.1 Å². The van der Waals surface area contributed by atoms with Gasteiger partial charge in [0.05, 0.1) is 0 Å². The Bertz CT molecular complexity index is 3720. The number of nitrogens with zero attached hydrogens (tertiary/aromatic N) is 2. The fraction of sp³-hybridized carbons (Fsp3) is 0.0750. The van der Waals surface area contributed by atoms with Crippen molar-refractivity contribution < 1.29 is 0 Å². The van der Waals surface area contributed by atoms with Crippen LogP contribution in [0.5, 0.6) is 0 Å². The average Bonchev–Trinajstić information content (AvgIpc) is 1.90. The average molecular weight is 1050 g/mol. The molecule has 0 aliphatic heterocycles. The first kappa shape index (κ1) is 51.4. The van der Waals surface area contributed by atoms with E-state index in [1.54, 1.807) is 0 Å². The number of anilines is 6. The van der Waals surface area contributed by atoms with Crippen molar-refractivity contribution in [2.75, 3.05) is 9.80 Å². The van der Waals surface area contributed by atoms with Gasteiger partial charge in [0, 0.05) is 45.0 Å². The standard InChI is InChI=1S/C80H64N2/c1-79(2)75-53-69(81(65-41-33-61(34-42-65)29-25-57-17-9-5-10-18-57)66-43-35-62(36-44-66)30-26-58-19-11-6-12-20-58)49-51-71(75)73-56-78-74(55-77(73)79)72-52-50-70(54-76(72)80(78,3)4)82(67-45-37-63(38-46-67)31-27-59-21-13-7-14-22-59)68-47-39-64(40-48-68)32-28-60-23-15-8-16-24-60/h5-56H,1-4H3. The van der Waals surface area contributed by atoms with E-state index >= 15 is 0 Å².